The normalized spacial score (nSPS) is 12.9. The van der Waals surface area contributed by atoms with Crippen LogP contribution in [0.15, 0.2) is 30.3 Å². The molecule has 0 atom stereocenters. The Morgan fingerprint density at radius 3 is 2.10 bits per heavy atom. The molecule has 0 heterocycles. The van der Waals surface area contributed by atoms with Crippen LogP contribution in [-0.2, 0) is 0 Å². The second-order valence-corrected chi connectivity index (χ2v) is 5.19. The maximum atomic E-state index is 12.5. The van der Waals surface area contributed by atoms with Crippen LogP contribution >= 0.6 is 23.2 Å². The smallest absolute Gasteiger partial charge is 0.289 e. The Bertz CT molecular complexity index is 845. The topological polar surface area (TPSA) is 77.3 Å². The molecule has 0 radical (unpaired) electrons. The molecule has 0 unspecified atom stereocenters. The largest absolute Gasteiger partial charge is 0.301 e. The van der Waals surface area contributed by atoms with Gasteiger partial charge in [-0.25, -0.2) is 0 Å². The number of carbonyl (C=O) groups is 2. The summed E-state index contributed by atoms with van der Waals surface area (Å²) in [5.74, 6) is -1.09. The van der Waals surface area contributed by atoms with Gasteiger partial charge in [-0.1, -0.05) is 47.5 Å². The molecule has 104 valence electrons. The Morgan fingerprint density at radius 1 is 0.952 bits per heavy atom. The third kappa shape index (κ3) is 1.86. The molecule has 0 saturated carbocycles. The van der Waals surface area contributed by atoms with Crippen molar-refractivity contribution in [1.82, 2.24) is 0 Å². The molecule has 1 aliphatic rings. The van der Waals surface area contributed by atoms with Crippen LogP contribution in [0.4, 0.5) is 5.69 Å². The first kappa shape index (κ1) is 13.7. The molecule has 0 aliphatic heterocycles. The lowest BCUT2D eigenvalue weighted by Crippen LogP contribution is -2.22. The Kier molecular flexibility index (Phi) is 3.04. The van der Waals surface area contributed by atoms with E-state index >= 15 is 0 Å². The van der Waals surface area contributed by atoms with E-state index in [-0.39, 0.29) is 32.3 Å². The van der Waals surface area contributed by atoms with Crippen molar-refractivity contribution >= 4 is 40.5 Å². The van der Waals surface area contributed by atoms with E-state index in [1.165, 1.54) is 18.2 Å². The van der Waals surface area contributed by atoms with Gasteiger partial charge in [0.05, 0.1) is 9.95 Å². The summed E-state index contributed by atoms with van der Waals surface area (Å²) in [6, 6.07) is 7.33. The molecule has 7 heteroatoms. The average molecular weight is 322 g/mol. The number of fused-ring (bicyclic) bond motifs is 2. The highest BCUT2D eigenvalue weighted by molar-refractivity contribution is 6.45. The summed E-state index contributed by atoms with van der Waals surface area (Å²) < 4.78 is 0. The molecule has 0 amide bonds. The van der Waals surface area contributed by atoms with Gasteiger partial charge in [-0.3, -0.25) is 19.7 Å². The van der Waals surface area contributed by atoms with Crippen LogP contribution in [-0.4, -0.2) is 16.5 Å². The summed E-state index contributed by atoms with van der Waals surface area (Å²) in [6.45, 7) is 0. The third-order valence-electron chi connectivity index (χ3n) is 3.27. The SMILES string of the molecule is O=C1c2ccccc2C(=O)c2c1cc(Cl)c(Cl)c2[N+](=O)[O-]. The van der Waals surface area contributed by atoms with Crippen molar-refractivity contribution < 1.29 is 14.5 Å². The van der Waals surface area contributed by atoms with Crippen LogP contribution in [0.1, 0.15) is 31.8 Å². The number of carbonyl (C=O) groups excluding carboxylic acids is 2. The van der Waals surface area contributed by atoms with E-state index in [0.717, 1.165) is 0 Å². The number of hydrogen-bond acceptors (Lipinski definition) is 4. The number of nitro groups is 1. The standard InChI is InChI=1S/C14H5Cl2NO4/c15-9-5-8-10(12(11(9)16)17(20)21)14(19)7-4-2-1-3-6(7)13(8)18/h1-5H. The number of rotatable bonds is 1. The molecular formula is C14H5Cl2NO4. The molecule has 0 saturated heterocycles. The first-order chi connectivity index (χ1) is 9.93. The number of benzene rings is 2. The number of nitro benzene ring substituents is 1. The summed E-state index contributed by atoms with van der Waals surface area (Å²) in [5.41, 5.74) is -0.718. The lowest BCUT2D eigenvalue weighted by Gasteiger charge is -2.18. The van der Waals surface area contributed by atoms with E-state index in [2.05, 4.69) is 0 Å². The van der Waals surface area contributed by atoms with Gasteiger partial charge in [0.15, 0.2) is 5.78 Å². The summed E-state index contributed by atoms with van der Waals surface area (Å²) >= 11 is 11.7. The summed E-state index contributed by atoms with van der Waals surface area (Å²) in [6.07, 6.45) is 0. The van der Waals surface area contributed by atoms with E-state index < -0.39 is 22.2 Å². The van der Waals surface area contributed by atoms with Crippen LogP contribution in [0.25, 0.3) is 0 Å². The molecule has 1 aliphatic carbocycles. The highest BCUT2D eigenvalue weighted by Crippen LogP contribution is 2.41. The Labute approximate surface area is 128 Å². The quantitative estimate of drug-likeness (QED) is 0.506. The highest BCUT2D eigenvalue weighted by Gasteiger charge is 2.38. The van der Waals surface area contributed by atoms with Gasteiger partial charge in [0.2, 0.25) is 5.78 Å². The van der Waals surface area contributed by atoms with Gasteiger partial charge >= 0.3 is 5.69 Å². The van der Waals surface area contributed by atoms with Gasteiger partial charge in [0.1, 0.15) is 10.6 Å². The fourth-order valence-corrected chi connectivity index (χ4v) is 2.77. The molecular weight excluding hydrogens is 317 g/mol. The Hall–Kier alpha value is -2.24. The van der Waals surface area contributed by atoms with E-state index in [4.69, 9.17) is 23.2 Å². The summed E-state index contributed by atoms with van der Waals surface area (Å²) in [7, 11) is 0. The van der Waals surface area contributed by atoms with Crippen LogP contribution in [0.2, 0.25) is 10.0 Å². The molecule has 2 aromatic rings. The zero-order valence-electron chi connectivity index (χ0n) is 10.2. The predicted octanol–water partition coefficient (Wildman–Crippen LogP) is 3.68. The van der Waals surface area contributed by atoms with Crippen molar-refractivity contribution in [3.63, 3.8) is 0 Å². The minimum Gasteiger partial charge on any atom is -0.289 e. The number of halogens is 2. The van der Waals surface area contributed by atoms with E-state index in [1.807, 2.05) is 0 Å². The lowest BCUT2D eigenvalue weighted by atomic mass is 9.83. The molecule has 0 spiro atoms. The molecule has 5 nitrogen and oxygen atoms in total. The Morgan fingerprint density at radius 2 is 1.52 bits per heavy atom. The minimum absolute atomic E-state index is 0.0974. The molecule has 21 heavy (non-hydrogen) atoms. The first-order valence-electron chi connectivity index (χ1n) is 5.78. The van der Waals surface area contributed by atoms with Crippen molar-refractivity contribution in [2.24, 2.45) is 0 Å². The van der Waals surface area contributed by atoms with E-state index in [9.17, 15) is 19.7 Å². The lowest BCUT2D eigenvalue weighted by molar-refractivity contribution is -0.385. The van der Waals surface area contributed by atoms with E-state index in [0.29, 0.717) is 0 Å². The van der Waals surface area contributed by atoms with Crippen molar-refractivity contribution in [2.75, 3.05) is 0 Å². The predicted molar refractivity (Wildman–Crippen MR) is 76.4 cm³/mol. The Balaban J connectivity index is 2.43. The number of nitrogens with zero attached hydrogens (tertiary/aromatic N) is 1. The van der Waals surface area contributed by atoms with E-state index in [1.54, 1.807) is 12.1 Å². The highest BCUT2D eigenvalue weighted by atomic mass is 35.5. The number of hydrogen-bond donors (Lipinski definition) is 0. The maximum Gasteiger partial charge on any atom is 0.301 e. The second-order valence-electron chi connectivity index (χ2n) is 4.40. The van der Waals surface area contributed by atoms with Gasteiger partial charge in [-0.2, -0.15) is 0 Å². The summed E-state index contributed by atoms with van der Waals surface area (Å²) in [5, 5.41) is 10.7. The van der Waals surface area contributed by atoms with Crippen molar-refractivity contribution in [1.29, 1.82) is 0 Å². The second kappa shape index (κ2) is 4.65. The minimum atomic E-state index is -0.799. The zero-order chi connectivity index (χ0) is 15.3. The van der Waals surface area contributed by atoms with Crippen LogP contribution < -0.4 is 0 Å². The van der Waals surface area contributed by atoms with Crippen LogP contribution in [0.5, 0.6) is 0 Å². The van der Waals surface area contributed by atoms with Gasteiger partial charge in [-0.05, 0) is 6.07 Å². The van der Waals surface area contributed by atoms with Crippen molar-refractivity contribution in [3.05, 3.63) is 72.7 Å². The van der Waals surface area contributed by atoms with Gasteiger partial charge in [-0.15, -0.1) is 0 Å². The van der Waals surface area contributed by atoms with Crippen molar-refractivity contribution in [3.8, 4) is 0 Å². The first-order valence-corrected chi connectivity index (χ1v) is 6.54. The van der Waals surface area contributed by atoms with Crippen molar-refractivity contribution in [2.45, 2.75) is 0 Å². The molecule has 0 aromatic heterocycles. The zero-order valence-corrected chi connectivity index (χ0v) is 11.7. The van der Waals surface area contributed by atoms with Gasteiger partial charge < -0.3 is 0 Å². The maximum absolute atomic E-state index is 12.5. The molecule has 3 rings (SSSR count). The summed E-state index contributed by atoms with van der Waals surface area (Å²) in [4.78, 5) is 35.3. The third-order valence-corrected chi connectivity index (χ3v) is 4.04. The fraction of sp³-hybridized carbons (Fsp3) is 0. The molecule has 0 bridgehead atoms. The van der Waals surface area contributed by atoms with Gasteiger partial charge in [0.25, 0.3) is 0 Å². The molecule has 0 N–H and O–H groups in total. The monoisotopic (exact) mass is 321 g/mol. The number of ketones is 2. The average Bonchev–Trinajstić information content (AvgIpc) is 2.46. The van der Waals surface area contributed by atoms with Gasteiger partial charge in [0, 0.05) is 16.7 Å². The van der Waals surface area contributed by atoms with Crippen LogP contribution in [0, 0.1) is 10.1 Å². The fourth-order valence-electron chi connectivity index (χ4n) is 2.35. The molecule has 2 aromatic carbocycles. The van der Waals surface area contributed by atoms with Crippen LogP contribution in [0.3, 0.4) is 0 Å². The molecule has 0 fully saturated rings.